The van der Waals surface area contributed by atoms with Crippen molar-refractivity contribution >= 4 is 69.7 Å². The average Bonchev–Trinajstić information content (AvgIpc) is 2.54. The highest BCUT2D eigenvalue weighted by molar-refractivity contribution is 6.42. The van der Waals surface area contributed by atoms with Crippen molar-refractivity contribution < 1.29 is 9.59 Å². The molecule has 0 aliphatic carbocycles. The molecule has 2 rings (SSSR count). The minimum atomic E-state index is -0.470. The van der Waals surface area contributed by atoms with Crippen molar-refractivity contribution in [2.24, 2.45) is 0 Å². The third-order valence-electron chi connectivity index (χ3n) is 3.10. The molecule has 0 spiro atoms. The summed E-state index contributed by atoms with van der Waals surface area (Å²) in [5, 5.41) is 6.67. The molecule has 0 radical (unpaired) electrons. The van der Waals surface area contributed by atoms with Crippen LogP contribution in [-0.2, 0) is 4.79 Å². The Kier molecular flexibility index (Phi) is 6.79. The van der Waals surface area contributed by atoms with Crippen molar-refractivity contribution in [1.29, 1.82) is 0 Å². The lowest BCUT2D eigenvalue weighted by Crippen LogP contribution is -2.37. The van der Waals surface area contributed by atoms with Gasteiger partial charge in [-0.3, -0.25) is 4.79 Å². The van der Waals surface area contributed by atoms with Gasteiger partial charge in [-0.2, -0.15) is 0 Å². The second-order valence-electron chi connectivity index (χ2n) is 5.09. The number of benzene rings is 2. The molecule has 0 atom stereocenters. The lowest BCUT2D eigenvalue weighted by atomic mass is 10.3. The summed E-state index contributed by atoms with van der Waals surface area (Å²) in [5.74, 6) is -0.384. The number of halogens is 4. The Bertz CT molecular complexity index is 814. The van der Waals surface area contributed by atoms with E-state index in [0.717, 1.165) is 0 Å². The smallest absolute Gasteiger partial charge is 0.322 e. The van der Waals surface area contributed by atoms with Crippen LogP contribution in [0.4, 0.5) is 16.2 Å². The van der Waals surface area contributed by atoms with Gasteiger partial charge in [0.1, 0.15) is 6.54 Å². The van der Waals surface area contributed by atoms with Crippen molar-refractivity contribution in [3.8, 4) is 0 Å². The first-order valence-electron chi connectivity index (χ1n) is 6.98. The van der Waals surface area contributed by atoms with Gasteiger partial charge in [0.15, 0.2) is 0 Å². The SMILES string of the molecule is CN(CC(=O)Nc1ccc(Cl)c(Cl)c1)C(=O)Nc1ccc(Cl)c(Cl)c1. The number of nitrogens with one attached hydrogen (secondary N) is 2. The number of carbonyl (C=O) groups is 2. The standard InChI is InChI=1S/C16H13Cl4N3O2/c1-23(16(25)22-10-3-5-12(18)14(20)7-10)8-15(24)21-9-2-4-11(17)13(19)6-9/h2-7H,8H2,1H3,(H,21,24)(H,22,25). The monoisotopic (exact) mass is 419 g/mol. The molecule has 0 unspecified atom stereocenters. The van der Waals surface area contributed by atoms with Gasteiger partial charge in [-0.1, -0.05) is 46.4 Å². The molecule has 9 heteroatoms. The summed E-state index contributed by atoms with van der Waals surface area (Å²) in [5.41, 5.74) is 0.953. The van der Waals surface area contributed by atoms with Crippen molar-refractivity contribution in [3.05, 3.63) is 56.5 Å². The Morgan fingerprint density at radius 3 is 1.80 bits per heavy atom. The molecule has 0 fully saturated rings. The average molecular weight is 421 g/mol. The zero-order valence-electron chi connectivity index (χ0n) is 12.9. The molecule has 2 aromatic rings. The van der Waals surface area contributed by atoms with Crippen LogP contribution in [0.25, 0.3) is 0 Å². The Hall–Kier alpha value is -1.66. The first kappa shape index (κ1) is 19.7. The molecule has 0 aliphatic rings. The quantitative estimate of drug-likeness (QED) is 0.695. The number of hydrogen-bond donors (Lipinski definition) is 2. The Balaban J connectivity index is 1.92. The number of hydrogen-bond acceptors (Lipinski definition) is 2. The van der Waals surface area contributed by atoms with Crippen LogP contribution in [0, 0.1) is 0 Å². The predicted molar refractivity (Wildman–Crippen MR) is 103 cm³/mol. The van der Waals surface area contributed by atoms with Gasteiger partial charge >= 0.3 is 6.03 Å². The third-order valence-corrected chi connectivity index (χ3v) is 4.58. The summed E-state index contributed by atoms with van der Waals surface area (Å²) in [6.45, 7) is -0.159. The van der Waals surface area contributed by atoms with E-state index in [1.54, 1.807) is 24.3 Å². The van der Waals surface area contributed by atoms with Crippen LogP contribution >= 0.6 is 46.4 Å². The molecule has 132 valence electrons. The Morgan fingerprint density at radius 2 is 1.32 bits per heavy atom. The lowest BCUT2D eigenvalue weighted by molar-refractivity contribution is -0.116. The minimum Gasteiger partial charge on any atom is -0.324 e. The van der Waals surface area contributed by atoms with E-state index in [2.05, 4.69) is 10.6 Å². The molecule has 2 N–H and O–H groups in total. The highest BCUT2D eigenvalue weighted by Crippen LogP contribution is 2.26. The maximum Gasteiger partial charge on any atom is 0.322 e. The van der Waals surface area contributed by atoms with Crippen LogP contribution in [0.1, 0.15) is 0 Å². The summed E-state index contributed by atoms with van der Waals surface area (Å²) in [4.78, 5) is 25.4. The summed E-state index contributed by atoms with van der Waals surface area (Å²) in [6.07, 6.45) is 0. The van der Waals surface area contributed by atoms with Crippen LogP contribution in [-0.4, -0.2) is 30.4 Å². The fraction of sp³-hybridized carbons (Fsp3) is 0.125. The Labute approximate surface area is 164 Å². The number of carbonyl (C=O) groups excluding carboxylic acids is 2. The fourth-order valence-electron chi connectivity index (χ4n) is 1.85. The molecule has 0 bridgehead atoms. The molecular formula is C16H13Cl4N3O2. The van der Waals surface area contributed by atoms with Gasteiger partial charge in [0.25, 0.3) is 0 Å². The summed E-state index contributed by atoms with van der Waals surface area (Å²) >= 11 is 23.4. The van der Waals surface area contributed by atoms with Gasteiger partial charge < -0.3 is 15.5 Å². The summed E-state index contributed by atoms with van der Waals surface area (Å²) < 4.78 is 0. The van der Waals surface area contributed by atoms with Crippen molar-refractivity contribution in [2.75, 3.05) is 24.2 Å². The van der Waals surface area contributed by atoms with E-state index in [4.69, 9.17) is 46.4 Å². The molecule has 3 amide bonds. The van der Waals surface area contributed by atoms with Gasteiger partial charge in [0.05, 0.1) is 20.1 Å². The highest BCUT2D eigenvalue weighted by atomic mass is 35.5. The number of urea groups is 1. The zero-order valence-corrected chi connectivity index (χ0v) is 16.0. The normalized spacial score (nSPS) is 10.3. The molecule has 0 aromatic heterocycles. The van der Waals surface area contributed by atoms with Gasteiger partial charge in [-0.15, -0.1) is 0 Å². The second kappa shape index (κ2) is 8.63. The maximum absolute atomic E-state index is 12.1. The molecule has 0 heterocycles. The van der Waals surface area contributed by atoms with Gasteiger partial charge in [0.2, 0.25) is 5.91 Å². The van der Waals surface area contributed by atoms with Crippen molar-refractivity contribution in [2.45, 2.75) is 0 Å². The van der Waals surface area contributed by atoms with E-state index in [-0.39, 0.29) is 12.5 Å². The molecule has 2 aromatic carbocycles. The molecule has 0 saturated heterocycles. The number of rotatable bonds is 4. The first-order chi connectivity index (χ1) is 11.8. The molecule has 5 nitrogen and oxygen atoms in total. The van der Waals surface area contributed by atoms with Crippen LogP contribution in [0.3, 0.4) is 0 Å². The third kappa shape index (κ3) is 5.68. The lowest BCUT2D eigenvalue weighted by Gasteiger charge is -2.18. The largest absolute Gasteiger partial charge is 0.324 e. The zero-order chi connectivity index (χ0) is 18.6. The number of nitrogens with zero attached hydrogens (tertiary/aromatic N) is 1. The van der Waals surface area contributed by atoms with E-state index in [1.165, 1.54) is 24.1 Å². The first-order valence-corrected chi connectivity index (χ1v) is 8.49. The van der Waals surface area contributed by atoms with Crippen LogP contribution in [0.15, 0.2) is 36.4 Å². The molecule has 25 heavy (non-hydrogen) atoms. The van der Waals surface area contributed by atoms with Crippen LogP contribution in [0.5, 0.6) is 0 Å². The molecule has 0 aliphatic heterocycles. The summed E-state index contributed by atoms with van der Waals surface area (Å²) in [7, 11) is 1.49. The highest BCUT2D eigenvalue weighted by Gasteiger charge is 2.14. The van der Waals surface area contributed by atoms with Crippen molar-refractivity contribution in [1.82, 2.24) is 4.90 Å². The van der Waals surface area contributed by atoms with E-state index >= 15 is 0 Å². The number of amides is 3. The van der Waals surface area contributed by atoms with E-state index < -0.39 is 6.03 Å². The van der Waals surface area contributed by atoms with Crippen molar-refractivity contribution in [3.63, 3.8) is 0 Å². The number of likely N-dealkylation sites (N-methyl/N-ethyl adjacent to an activating group) is 1. The van der Waals surface area contributed by atoms with E-state index in [1.807, 2.05) is 0 Å². The van der Waals surface area contributed by atoms with E-state index in [9.17, 15) is 9.59 Å². The Morgan fingerprint density at radius 1 is 0.840 bits per heavy atom. The maximum atomic E-state index is 12.1. The predicted octanol–water partition coefficient (Wildman–Crippen LogP) is 5.40. The van der Waals surface area contributed by atoms with Gasteiger partial charge in [-0.05, 0) is 36.4 Å². The van der Waals surface area contributed by atoms with Gasteiger partial charge in [0, 0.05) is 18.4 Å². The van der Waals surface area contributed by atoms with Gasteiger partial charge in [-0.25, -0.2) is 4.79 Å². The van der Waals surface area contributed by atoms with Crippen LogP contribution in [0.2, 0.25) is 20.1 Å². The van der Waals surface area contributed by atoms with Crippen LogP contribution < -0.4 is 10.6 Å². The van der Waals surface area contributed by atoms with E-state index in [0.29, 0.717) is 31.5 Å². The minimum absolute atomic E-state index is 0.159. The topological polar surface area (TPSA) is 61.4 Å². The summed E-state index contributed by atoms with van der Waals surface area (Å²) in [6, 6.07) is 8.93. The number of anilines is 2. The second-order valence-corrected chi connectivity index (χ2v) is 6.72. The molecule has 0 saturated carbocycles. The molecular weight excluding hydrogens is 408 g/mol. The fourth-order valence-corrected chi connectivity index (χ4v) is 2.45.